The normalized spacial score (nSPS) is 22.3. The molecule has 3 aliphatic rings. The van der Waals surface area contributed by atoms with Gasteiger partial charge in [0.25, 0.3) is 0 Å². The first kappa shape index (κ1) is 25.9. The van der Waals surface area contributed by atoms with Gasteiger partial charge in [0, 0.05) is 24.5 Å². The number of hydrogen-bond donors (Lipinski definition) is 3. The average Bonchev–Trinajstić information content (AvgIpc) is 3.42. The highest BCUT2D eigenvalue weighted by atomic mass is 16.2. The Hall–Kier alpha value is -2.74. The number of carbonyl (C=O) groups is 2. The zero-order valence-electron chi connectivity index (χ0n) is 22.0. The minimum Gasteiger partial charge on any atom is -0.383 e. The van der Waals surface area contributed by atoms with Gasteiger partial charge in [-0.15, -0.1) is 0 Å². The number of carbonyl (C=O) groups excluding carboxylic acids is 2. The first-order valence-electron chi connectivity index (χ1n) is 14.4. The van der Waals surface area contributed by atoms with Gasteiger partial charge in [-0.05, 0) is 55.7 Å². The summed E-state index contributed by atoms with van der Waals surface area (Å²) in [6.07, 6.45) is 16.3. The highest BCUT2D eigenvalue weighted by Gasteiger charge is 2.38. The molecular formula is C29H42N6O2. The van der Waals surface area contributed by atoms with Gasteiger partial charge in [-0.1, -0.05) is 57.4 Å². The Morgan fingerprint density at radius 1 is 0.973 bits per heavy atom. The maximum absolute atomic E-state index is 13.9. The van der Waals surface area contributed by atoms with Crippen molar-refractivity contribution in [2.45, 2.75) is 108 Å². The molecule has 2 amide bonds. The fourth-order valence-corrected chi connectivity index (χ4v) is 6.59. The Labute approximate surface area is 220 Å². The van der Waals surface area contributed by atoms with Crippen LogP contribution in [0, 0.1) is 5.92 Å². The quantitative estimate of drug-likeness (QED) is 0.497. The summed E-state index contributed by atoms with van der Waals surface area (Å²) in [5, 5.41) is 7.66. The van der Waals surface area contributed by atoms with Gasteiger partial charge in [-0.2, -0.15) is 0 Å². The Morgan fingerprint density at radius 3 is 2.51 bits per heavy atom. The Morgan fingerprint density at radius 2 is 1.73 bits per heavy atom. The second-order valence-electron chi connectivity index (χ2n) is 11.3. The molecule has 2 saturated carbocycles. The van der Waals surface area contributed by atoms with Gasteiger partial charge in [0.2, 0.25) is 11.8 Å². The molecule has 3 fully saturated rings. The van der Waals surface area contributed by atoms with Crippen molar-refractivity contribution < 1.29 is 9.59 Å². The lowest BCUT2D eigenvalue weighted by Gasteiger charge is -2.35. The number of hydrogen-bond acceptors (Lipinski definition) is 6. The number of aromatic nitrogens is 2. The van der Waals surface area contributed by atoms with Gasteiger partial charge in [0.1, 0.15) is 18.2 Å². The van der Waals surface area contributed by atoms with Crippen molar-refractivity contribution in [2.24, 2.45) is 5.92 Å². The van der Waals surface area contributed by atoms with E-state index in [9.17, 15) is 9.59 Å². The van der Waals surface area contributed by atoms with Crippen LogP contribution in [0.4, 0.5) is 5.82 Å². The Bertz CT molecular complexity index is 1060. The van der Waals surface area contributed by atoms with Crippen LogP contribution in [-0.2, 0) is 16.1 Å². The van der Waals surface area contributed by atoms with Crippen LogP contribution in [0.3, 0.4) is 0 Å². The Balaban J connectivity index is 1.23. The van der Waals surface area contributed by atoms with Gasteiger partial charge in [-0.3, -0.25) is 9.59 Å². The number of rotatable bonds is 8. The number of nitrogen functional groups attached to an aromatic ring is 1. The van der Waals surface area contributed by atoms with Gasteiger partial charge in [-0.25, -0.2) is 9.97 Å². The molecule has 1 aromatic carbocycles. The topological polar surface area (TPSA) is 113 Å². The molecule has 2 atom stereocenters. The summed E-state index contributed by atoms with van der Waals surface area (Å²) >= 11 is 0. The van der Waals surface area contributed by atoms with E-state index in [-0.39, 0.29) is 17.9 Å². The number of nitrogens with one attached hydrogen (secondary N) is 2. The van der Waals surface area contributed by atoms with Crippen molar-refractivity contribution >= 4 is 28.5 Å². The highest BCUT2D eigenvalue weighted by molar-refractivity contribution is 5.91. The number of benzene rings is 1. The van der Waals surface area contributed by atoms with Gasteiger partial charge in [0.15, 0.2) is 0 Å². The molecule has 1 saturated heterocycles. The zero-order chi connectivity index (χ0) is 25.6. The molecule has 2 heterocycles. The molecule has 0 radical (unpaired) electrons. The summed E-state index contributed by atoms with van der Waals surface area (Å²) in [6.45, 7) is 1.06. The number of nitrogens with zero attached hydrogens (tertiary/aromatic N) is 3. The van der Waals surface area contributed by atoms with Crippen LogP contribution in [0.2, 0.25) is 0 Å². The molecule has 2 aromatic rings. The van der Waals surface area contributed by atoms with Crippen molar-refractivity contribution in [1.29, 1.82) is 0 Å². The van der Waals surface area contributed by atoms with Crippen molar-refractivity contribution in [3.63, 3.8) is 0 Å². The SMILES string of the molecule is Nc1ncnc2cc(CNC(=O)[C@@H]3CCCN3C(=O)[C@@H](CC3CCCCC3)NC3CCCCC3)ccc12. The van der Waals surface area contributed by atoms with E-state index in [1.807, 2.05) is 23.1 Å². The maximum Gasteiger partial charge on any atom is 0.243 e. The Kier molecular flexibility index (Phi) is 8.54. The molecule has 1 aliphatic heterocycles. The zero-order valence-corrected chi connectivity index (χ0v) is 22.0. The van der Waals surface area contributed by atoms with Gasteiger partial charge >= 0.3 is 0 Å². The fraction of sp³-hybridized carbons (Fsp3) is 0.655. The number of amides is 2. The summed E-state index contributed by atoms with van der Waals surface area (Å²) in [5.74, 6) is 1.12. The van der Waals surface area contributed by atoms with E-state index < -0.39 is 6.04 Å². The van der Waals surface area contributed by atoms with Crippen molar-refractivity contribution in [3.05, 3.63) is 30.1 Å². The van der Waals surface area contributed by atoms with Crippen LogP contribution in [0.15, 0.2) is 24.5 Å². The second kappa shape index (κ2) is 12.2. The van der Waals surface area contributed by atoms with Crippen molar-refractivity contribution in [2.75, 3.05) is 12.3 Å². The average molecular weight is 507 g/mol. The molecule has 200 valence electrons. The molecule has 37 heavy (non-hydrogen) atoms. The summed E-state index contributed by atoms with van der Waals surface area (Å²) in [6, 6.07) is 5.61. The van der Waals surface area contributed by atoms with Crippen LogP contribution >= 0.6 is 0 Å². The lowest BCUT2D eigenvalue weighted by Crippen LogP contribution is -2.54. The van der Waals surface area contributed by atoms with E-state index in [1.54, 1.807) is 0 Å². The molecule has 1 aromatic heterocycles. The molecular weight excluding hydrogens is 464 g/mol. The first-order valence-corrected chi connectivity index (χ1v) is 14.4. The lowest BCUT2D eigenvalue weighted by molar-refractivity contribution is -0.140. The van der Waals surface area contributed by atoms with Crippen molar-refractivity contribution in [3.8, 4) is 0 Å². The van der Waals surface area contributed by atoms with Crippen LogP contribution in [-0.4, -0.2) is 51.4 Å². The van der Waals surface area contributed by atoms with Crippen LogP contribution in [0.5, 0.6) is 0 Å². The monoisotopic (exact) mass is 506 g/mol. The minimum atomic E-state index is -0.395. The third-order valence-electron chi connectivity index (χ3n) is 8.67. The smallest absolute Gasteiger partial charge is 0.243 e. The first-order chi connectivity index (χ1) is 18.1. The van der Waals surface area contributed by atoms with E-state index >= 15 is 0 Å². The number of fused-ring (bicyclic) bond motifs is 1. The minimum absolute atomic E-state index is 0.0674. The summed E-state index contributed by atoms with van der Waals surface area (Å²) in [4.78, 5) is 37.4. The van der Waals surface area contributed by atoms with Crippen LogP contribution in [0.1, 0.15) is 89.0 Å². The van der Waals surface area contributed by atoms with Gasteiger partial charge in [0.05, 0.1) is 11.6 Å². The van der Waals surface area contributed by atoms with Crippen LogP contribution < -0.4 is 16.4 Å². The third kappa shape index (κ3) is 6.40. The summed E-state index contributed by atoms with van der Waals surface area (Å²) in [7, 11) is 0. The number of likely N-dealkylation sites (tertiary alicyclic amines) is 1. The number of anilines is 1. The largest absolute Gasteiger partial charge is 0.383 e. The lowest BCUT2D eigenvalue weighted by atomic mass is 9.84. The predicted octanol–water partition coefficient (Wildman–Crippen LogP) is 4.08. The molecule has 2 aliphatic carbocycles. The highest BCUT2D eigenvalue weighted by Crippen LogP contribution is 2.30. The van der Waals surface area contributed by atoms with E-state index in [2.05, 4.69) is 20.6 Å². The van der Waals surface area contributed by atoms with E-state index in [1.165, 1.54) is 57.7 Å². The maximum atomic E-state index is 13.9. The standard InChI is InChI=1S/C29H42N6O2/c30-27-23-14-13-21(17-24(23)32-19-33-27)18-31-28(36)26-12-7-15-35(26)29(37)25(16-20-8-3-1-4-9-20)34-22-10-5-2-6-11-22/h13-14,17,19-20,22,25-26,34H,1-12,15-16,18H2,(H,31,36)(H2,30,32,33)/t25-,26+/m1/s1. The summed E-state index contributed by atoms with van der Waals surface area (Å²) < 4.78 is 0. The molecule has 0 unspecified atom stereocenters. The number of nitrogens with two attached hydrogens (primary N) is 1. The van der Waals surface area contributed by atoms with Crippen LogP contribution in [0.25, 0.3) is 10.9 Å². The summed E-state index contributed by atoms with van der Waals surface area (Å²) in [5.41, 5.74) is 7.64. The van der Waals surface area contributed by atoms with E-state index in [0.29, 0.717) is 30.9 Å². The van der Waals surface area contributed by atoms with E-state index in [0.717, 1.165) is 48.6 Å². The molecule has 0 bridgehead atoms. The predicted molar refractivity (Wildman–Crippen MR) is 146 cm³/mol. The van der Waals surface area contributed by atoms with E-state index in [4.69, 9.17) is 5.73 Å². The molecule has 4 N–H and O–H groups in total. The second-order valence-corrected chi connectivity index (χ2v) is 11.3. The van der Waals surface area contributed by atoms with Crippen molar-refractivity contribution in [1.82, 2.24) is 25.5 Å². The molecule has 5 rings (SSSR count). The molecule has 0 spiro atoms. The molecule has 8 nitrogen and oxygen atoms in total. The van der Waals surface area contributed by atoms with Gasteiger partial charge < -0.3 is 21.3 Å². The fourth-order valence-electron chi connectivity index (χ4n) is 6.59. The molecule has 8 heteroatoms. The third-order valence-corrected chi connectivity index (χ3v) is 8.67.